The first-order valence-electron chi connectivity index (χ1n) is 7.36. The lowest BCUT2D eigenvalue weighted by atomic mass is 9.94. The molecule has 0 amide bonds. The maximum atomic E-state index is 3.48. The van der Waals surface area contributed by atoms with Crippen molar-refractivity contribution < 1.29 is 0 Å². The van der Waals surface area contributed by atoms with E-state index in [0.29, 0.717) is 6.04 Å². The molecule has 0 radical (unpaired) electrons. The van der Waals surface area contributed by atoms with E-state index in [1.165, 1.54) is 43.6 Å². The smallest absolute Gasteiger partial charge is 0.0470 e. The van der Waals surface area contributed by atoms with Gasteiger partial charge in [-0.25, -0.2) is 0 Å². The maximum Gasteiger partial charge on any atom is 0.0470 e. The van der Waals surface area contributed by atoms with Gasteiger partial charge < -0.3 is 5.32 Å². The molecule has 1 saturated carbocycles. The highest BCUT2D eigenvalue weighted by molar-refractivity contribution is 7.12. The molecule has 0 bridgehead atoms. The van der Waals surface area contributed by atoms with E-state index in [1.54, 1.807) is 4.88 Å². The fourth-order valence-electron chi connectivity index (χ4n) is 3.56. The SMILES string of the molecule is Cc1ccc([C@@H](C2CCCC2)N2CCNCC2)s1. The summed E-state index contributed by atoms with van der Waals surface area (Å²) in [5.74, 6) is 0.904. The number of thiophene rings is 1. The first-order chi connectivity index (χ1) is 8.84. The molecule has 2 fully saturated rings. The summed E-state index contributed by atoms with van der Waals surface area (Å²) >= 11 is 2.01. The molecule has 100 valence electrons. The summed E-state index contributed by atoms with van der Waals surface area (Å²) in [5.41, 5.74) is 0. The molecule has 1 aliphatic carbocycles. The first-order valence-corrected chi connectivity index (χ1v) is 8.17. The molecule has 1 atom stereocenters. The number of hydrogen-bond donors (Lipinski definition) is 1. The van der Waals surface area contributed by atoms with Gasteiger partial charge in [-0.1, -0.05) is 12.8 Å². The van der Waals surface area contributed by atoms with Crippen molar-refractivity contribution in [3.8, 4) is 0 Å². The predicted octanol–water partition coefficient (Wildman–Crippen LogP) is 3.19. The van der Waals surface area contributed by atoms with Crippen molar-refractivity contribution in [1.82, 2.24) is 10.2 Å². The highest BCUT2D eigenvalue weighted by atomic mass is 32.1. The molecule has 2 aliphatic rings. The van der Waals surface area contributed by atoms with Crippen LogP contribution in [0.15, 0.2) is 12.1 Å². The number of hydrogen-bond acceptors (Lipinski definition) is 3. The Bertz CT molecular complexity index is 376. The summed E-state index contributed by atoms with van der Waals surface area (Å²) in [6.07, 6.45) is 5.76. The van der Waals surface area contributed by atoms with Gasteiger partial charge in [0.2, 0.25) is 0 Å². The van der Waals surface area contributed by atoms with Crippen LogP contribution in [0.2, 0.25) is 0 Å². The lowest BCUT2D eigenvalue weighted by molar-refractivity contribution is 0.128. The Morgan fingerprint density at radius 1 is 1.22 bits per heavy atom. The highest BCUT2D eigenvalue weighted by Gasteiger charge is 2.32. The molecule has 18 heavy (non-hydrogen) atoms. The van der Waals surface area contributed by atoms with Crippen molar-refractivity contribution in [1.29, 1.82) is 0 Å². The average Bonchev–Trinajstić information content (AvgIpc) is 3.04. The average molecular weight is 264 g/mol. The largest absolute Gasteiger partial charge is 0.314 e. The van der Waals surface area contributed by atoms with Gasteiger partial charge in [0.05, 0.1) is 0 Å². The second-order valence-corrected chi connectivity index (χ2v) is 7.04. The van der Waals surface area contributed by atoms with Crippen molar-refractivity contribution in [2.75, 3.05) is 26.2 Å². The maximum absolute atomic E-state index is 3.48. The number of nitrogens with zero attached hydrogens (tertiary/aromatic N) is 1. The zero-order valence-electron chi connectivity index (χ0n) is 11.3. The molecular formula is C15H24N2S. The summed E-state index contributed by atoms with van der Waals surface area (Å²) in [5, 5.41) is 3.48. The first kappa shape index (κ1) is 12.6. The molecule has 1 aromatic rings. The minimum absolute atomic E-state index is 0.702. The van der Waals surface area contributed by atoms with E-state index in [2.05, 4.69) is 29.3 Å². The van der Waals surface area contributed by atoms with Crippen molar-refractivity contribution in [2.45, 2.75) is 38.6 Å². The van der Waals surface area contributed by atoms with Gasteiger partial charge in [-0.15, -0.1) is 11.3 Å². The minimum Gasteiger partial charge on any atom is -0.314 e. The van der Waals surface area contributed by atoms with Crippen molar-refractivity contribution in [2.24, 2.45) is 5.92 Å². The normalized spacial score (nSPS) is 24.5. The van der Waals surface area contributed by atoms with Gasteiger partial charge in [-0.05, 0) is 37.8 Å². The predicted molar refractivity (Wildman–Crippen MR) is 78.2 cm³/mol. The van der Waals surface area contributed by atoms with E-state index >= 15 is 0 Å². The van der Waals surface area contributed by atoms with E-state index in [9.17, 15) is 0 Å². The molecule has 2 heterocycles. The minimum atomic E-state index is 0.702. The Labute approximate surface area is 114 Å². The zero-order chi connectivity index (χ0) is 12.4. The van der Waals surface area contributed by atoms with E-state index < -0.39 is 0 Å². The molecule has 3 rings (SSSR count). The Hall–Kier alpha value is -0.380. The van der Waals surface area contributed by atoms with Crippen molar-refractivity contribution in [3.63, 3.8) is 0 Å². The molecule has 2 nitrogen and oxygen atoms in total. The fraction of sp³-hybridized carbons (Fsp3) is 0.733. The second-order valence-electron chi connectivity index (χ2n) is 5.72. The van der Waals surface area contributed by atoms with Crippen LogP contribution in [0.3, 0.4) is 0 Å². The Morgan fingerprint density at radius 2 is 1.94 bits per heavy atom. The van der Waals surface area contributed by atoms with Crippen molar-refractivity contribution in [3.05, 3.63) is 21.9 Å². The third-order valence-electron chi connectivity index (χ3n) is 4.44. The Kier molecular flexibility index (Phi) is 4.02. The molecule has 0 spiro atoms. The summed E-state index contributed by atoms with van der Waals surface area (Å²) < 4.78 is 0. The van der Waals surface area contributed by atoms with Gasteiger partial charge in [-0.2, -0.15) is 0 Å². The highest BCUT2D eigenvalue weighted by Crippen LogP contribution is 2.41. The van der Waals surface area contributed by atoms with E-state index in [0.717, 1.165) is 19.0 Å². The van der Waals surface area contributed by atoms with E-state index in [-0.39, 0.29) is 0 Å². The van der Waals surface area contributed by atoms with Gasteiger partial charge in [0.1, 0.15) is 0 Å². The topological polar surface area (TPSA) is 15.3 Å². The molecular weight excluding hydrogens is 240 g/mol. The number of aryl methyl sites for hydroxylation is 1. The lowest BCUT2D eigenvalue weighted by Crippen LogP contribution is -2.46. The third-order valence-corrected chi connectivity index (χ3v) is 5.52. The monoisotopic (exact) mass is 264 g/mol. The molecule has 3 heteroatoms. The van der Waals surface area contributed by atoms with Crippen LogP contribution in [0, 0.1) is 12.8 Å². The van der Waals surface area contributed by atoms with Crippen LogP contribution < -0.4 is 5.32 Å². The molecule has 0 unspecified atom stereocenters. The third kappa shape index (κ3) is 2.63. The number of piperazine rings is 1. The van der Waals surface area contributed by atoms with Crippen LogP contribution in [-0.4, -0.2) is 31.1 Å². The zero-order valence-corrected chi connectivity index (χ0v) is 12.1. The van der Waals surface area contributed by atoms with E-state index in [1.807, 2.05) is 11.3 Å². The van der Waals surface area contributed by atoms with Crippen LogP contribution in [0.1, 0.15) is 41.5 Å². The summed E-state index contributed by atoms with van der Waals surface area (Å²) in [6.45, 7) is 7.00. The van der Waals surface area contributed by atoms with Gasteiger partial charge in [-0.3, -0.25) is 4.90 Å². The van der Waals surface area contributed by atoms with Gasteiger partial charge in [0.25, 0.3) is 0 Å². The molecule has 1 N–H and O–H groups in total. The van der Waals surface area contributed by atoms with Gasteiger partial charge in [0, 0.05) is 42.0 Å². The van der Waals surface area contributed by atoms with Crippen LogP contribution in [0.4, 0.5) is 0 Å². The quantitative estimate of drug-likeness (QED) is 0.902. The van der Waals surface area contributed by atoms with Crippen LogP contribution >= 0.6 is 11.3 Å². The fourth-order valence-corrected chi connectivity index (χ4v) is 4.66. The standard InChI is InChI=1S/C15H24N2S/c1-12-6-7-14(18-12)15(13-4-2-3-5-13)17-10-8-16-9-11-17/h6-7,13,15-16H,2-5,8-11H2,1H3/t15-/m1/s1. The lowest BCUT2D eigenvalue weighted by Gasteiger charge is -2.37. The molecule has 1 saturated heterocycles. The Morgan fingerprint density at radius 3 is 2.56 bits per heavy atom. The number of rotatable bonds is 3. The molecule has 0 aromatic carbocycles. The van der Waals surface area contributed by atoms with Gasteiger partial charge >= 0.3 is 0 Å². The van der Waals surface area contributed by atoms with Crippen molar-refractivity contribution >= 4 is 11.3 Å². The van der Waals surface area contributed by atoms with Crippen LogP contribution in [-0.2, 0) is 0 Å². The van der Waals surface area contributed by atoms with Crippen LogP contribution in [0.5, 0.6) is 0 Å². The van der Waals surface area contributed by atoms with E-state index in [4.69, 9.17) is 0 Å². The summed E-state index contributed by atoms with van der Waals surface area (Å²) in [6, 6.07) is 5.38. The summed E-state index contributed by atoms with van der Waals surface area (Å²) in [4.78, 5) is 5.81. The van der Waals surface area contributed by atoms with Gasteiger partial charge in [0.15, 0.2) is 0 Å². The molecule has 1 aromatic heterocycles. The summed E-state index contributed by atoms with van der Waals surface area (Å²) in [7, 11) is 0. The van der Waals surface area contributed by atoms with Crippen LogP contribution in [0.25, 0.3) is 0 Å². The Balaban J connectivity index is 1.82. The molecule has 1 aliphatic heterocycles. The second kappa shape index (κ2) is 5.72. The number of nitrogens with one attached hydrogen (secondary N) is 1.